The van der Waals surface area contributed by atoms with Gasteiger partial charge in [0.1, 0.15) is 0 Å². The van der Waals surface area contributed by atoms with Gasteiger partial charge in [-0.1, -0.05) is 0 Å². The number of aromatic nitrogens is 1. The van der Waals surface area contributed by atoms with Crippen molar-refractivity contribution in [2.45, 2.75) is 6.92 Å². The van der Waals surface area contributed by atoms with Crippen LogP contribution < -0.4 is 35.1 Å². The zero-order valence-corrected chi connectivity index (χ0v) is 10.8. The molecule has 1 N–H and O–H groups in total. The molecule has 1 aromatic rings. The standard InChI is InChI=1S/C6H6BrNO.HNO2.Na/c1-4-2-5(7)3-8-6(4)9;2-1-3;/h2-3H,1H3,(H,8,9);(H,2,3);/q;;+1/p-1. The van der Waals surface area contributed by atoms with Crippen LogP contribution >= 0.6 is 15.9 Å². The Kier molecular flexibility index (Phi) is 9.93. The summed E-state index contributed by atoms with van der Waals surface area (Å²) >= 11 is 3.23. The third kappa shape index (κ3) is 6.94. The molecule has 0 saturated carbocycles. The number of aryl methyl sites for hydroxylation is 1. The normalized spacial score (nSPS) is 7.54. The Balaban J connectivity index is 0. The monoisotopic (exact) mass is 256 g/mol. The predicted molar refractivity (Wildman–Crippen MR) is 48.7 cm³/mol. The zero-order chi connectivity index (χ0) is 9.56. The SMILES string of the molecule is Cc1cc(Br)c[nH]c1=O.O=N[O-].[Na+]. The van der Waals surface area contributed by atoms with E-state index < -0.39 is 0 Å². The van der Waals surface area contributed by atoms with Crippen LogP contribution in [-0.2, 0) is 0 Å². The molecule has 0 spiro atoms. The third-order valence-corrected chi connectivity index (χ3v) is 1.51. The molecule has 0 saturated heterocycles. The number of aromatic amines is 1. The van der Waals surface area contributed by atoms with Crippen LogP contribution in [0.5, 0.6) is 0 Å². The van der Waals surface area contributed by atoms with Gasteiger partial charge >= 0.3 is 29.6 Å². The van der Waals surface area contributed by atoms with Crippen molar-refractivity contribution in [3.8, 4) is 0 Å². The van der Waals surface area contributed by atoms with E-state index >= 15 is 0 Å². The Labute approximate surface area is 105 Å². The Morgan fingerprint density at radius 1 is 1.62 bits per heavy atom. The largest absolute Gasteiger partial charge is 1.00 e. The summed E-state index contributed by atoms with van der Waals surface area (Å²) in [4.78, 5) is 21.3. The maximum atomic E-state index is 10.7. The third-order valence-electron chi connectivity index (χ3n) is 1.05. The number of halogens is 1. The second-order valence-electron chi connectivity index (χ2n) is 1.90. The number of hydrogen-bond acceptors (Lipinski definition) is 4. The van der Waals surface area contributed by atoms with Crippen molar-refractivity contribution in [1.82, 2.24) is 4.98 Å². The van der Waals surface area contributed by atoms with Crippen molar-refractivity contribution in [3.63, 3.8) is 0 Å². The molecule has 5 nitrogen and oxygen atoms in total. The van der Waals surface area contributed by atoms with Crippen LogP contribution in [0.1, 0.15) is 5.56 Å². The van der Waals surface area contributed by atoms with Crippen molar-refractivity contribution >= 4 is 15.9 Å². The molecule has 13 heavy (non-hydrogen) atoms. The van der Waals surface area contributed by atoms with Gasteiger partial charge in [0.05, 0.1) is 0 Å². The molecule has 1 heterocycles. The first-order valence-electron chi connectivity index (χ1n) is 2.91. The van der Waals surface area contributed by atoms with E-state index in [0.29, 0.717) is 0 Å². The summed E-state index contributed by atoms with van der Waals surface area (Å²) in [7, 11) is 0. The fourth-order valence-electron chi connectivity index (χ4n) is 0.562. The van der Waals surface area contributed by atoms with Gasteiger partial charge in [-0.25, -0.2) is 0 Å². The van der Waals surface area contributed by atoms with E-state index in [-0.39, 0.29) is 35.1 Å². The quantitative estimate of drug-likeness (QED) is 0.356. The van der Waals surface area contributed by atoms with E-state index in [0.717, 1.165) is 15.4 Å². The maximum absolute atomic E-state index is 10.7. The van der Waals surface area contributed by atoms with Crippen LogP contribution in [0.15, 0.2) is 26.9 Å². The second-order valence-corrected chi connectivity index (χ2v) is 2.82. The van der Waals surface area contributed by atoms with Crippen LogP contribution in [0.3, 0.4) is 0 Å². The number of rotatable bonds is 0. The Bertz CT molecular complexity index is 315. The summed E-state index contributed by atoms with van der Waals surface area (Å²) in [5, 5.41) is 9.00. The molecule has 0 bridgehead atoms. The number of nitrogens with one attached hydrogen (secondary N) is 1. The summed E-state index contributed by atoms with van der Waals surface area (Å²) in [6.45, 7) is 1.77. The number of nitrogens with zero attached hydrogens (tertiary/aromatic N) is 1. The van der Waals surface area contributed by atoms with Gasteiger partial charge in [-0.15, -0.1) is 5.34 Å². The molecular formula is C6H6BrN2NaO3. The van der Waals surface area contributed by atoms with Gasteiger partial charge < -0.3 is 15.1 Å². The molecular weight excluding hydrogens is 251 g/mol. The van der Waals surface area contributed by atoms with Crippen molar-refractivity contribution < 1.29 is 29.6 Å². The molecule has 66 valence electrons. The van der Waals surface area contributed by atoms with Gasteiger partial charge in [-0.05, 0) is 28.9 Å². The molecule has 0 atom stereocenters. The number of H-pyrrole nitrogens is 1. The minimum atomic E-state index is -0.0294. The van der Waals surface area contributed by atoms with Gasteiger partial charge in [-0.3, -0.25) is 4.79 Å². The fraction of sp³-hybridized carbons (Fsp3) is 0.167. The van der Waals surface area contributed by atoms with Crippen molar-refractivity contribution in [1.29, 1.82) is 0 Å². The molecule has 0 aliphatic rings. The van der Waals surface area contributed by atoms with Gasteiger partial charge in [0.2, 0.25) is 0 Å². The van der Waals surface area contributed by atoms with Gasteiger partial charge in [-0.2, -0.15) is 0 Å². The van der Waals surface area contributed by atoms with E-state index in [4.69, 9.17) is 10.1 Å². The summed E-state index contributed by atoms with van der Waals surface area (Å²) in [6, 6.07) is 1.78. The average molecular weight is 257 g/mol. The van der Waals surface area contributed by atoms with E-state index in [2.05, 4.69) is 20.9 Å². The summed E-state index contributed by atoms with van der Waals surface area (Å²) in [5.74, 6) is 0. The smallest absolute Gasteiger partial charge is 0.444 e. The minimum absolute atomic E-state index is 0. The minimum Gasteiger partial charge on any atom is -0.444 e. The van der Waals surface area contributed by atoms with Crippen LogP contribution in [0.25, 0.3) is 0 Å². The predicted octanol–water partition coefficient (Wildman–Crippen LogP) is -1.30. The van der Waals surface area contributed by atoms with Crippen molar-refractivity contribution in [2.24, 2.45) is 5.34 Å². The zero-order valence-electron chi connectivity index (χ0n) is 7.20. The Morgan fingerprint density at radius 3 is 2.38 bits per heavy atom. The van der Waals surface area contributed by atoms with Crippen LogP contribution in [0.4, 0.5) is 0 Å². The Hall–Kier alpha value is -0.170. The first-order valence-corrected chi connectivity index (χ1v) is 3.71. The molecule has 1 rings (SSSR count). The summed E-state index contributed by atoms with van der Waals surface area (Å²) in [5.41, 5.74) is 0.697. The maximum Gasteiger partial charge on any atom is 1.00 e. The van der Waals surface area contributed by atoms with Crippen molar-refractivity contribution in [2.75, 3.05) is 0 Å². The summed E-state index contributed by atoms with van der Waals surface area (Å²) < 4.78 is 0.902. The summed E-state index contributed by atoms with van der Waals surface area (Å²) in [6.07, 6.45) is 1.62. The first-order chi connectivity index (χ1) is 5.61. The topological polar surface area (TPSA) is 85.3 Å². The molecule has 7 heteroatoms. The van der Waals surface area contributed by atoms with Crippen molar-refractivity contribution in [3.05, 3.63) is 42.8 Å². The van der Waals surface area contributed by atoms with Crippen LogP contribution in [-0.4, -0.2) is 4.98 Å². The van der Waals surface area contributed by atoms with Gasteiger partial charge in [0.15, 0.2) is 0 Å². The molecule has 0 aliphatic carbocycles. The molecule has 0 fully saturated rings. The average Bonchev–Trinajstić information content (AvgIpc) is 1.99. The van der Waals surface area contributed by atoms with Crippen LogP contribution in [0, 0.1) is 17.0 Å². The van der Waals surface area contributed by atoms with E-state index in [9.17, 15) is 4.79 Å². The fourth-order valence-corrected chi connectivity index (χ4v) is 1.02. The molecule has 1 aromatic heterocycles. The van der Waals surface area contributed by atoms with E-state index in [1.807, 2.05) is 0 Å². The molecule has 0 radical (unpaired) electrons. The second kappa shape index (κ2) is 8.43. The number of hydrogen-bond donors (Lipinski definition) is 1. The molecule has 0 unspecified atom stereocenters. The van der Waals surface area contributed by atoms with Gasteiger partial charge in [0, 0.05) is 16.2 Å². The van der Waals surface area contributed by atoms with E-state index in [1.54, 1.807) is 19.2 Å². The Morgan fingerprint density at radius 2 is 2.08 bits per heavy atom. The number of pyridine rings is 1. The van der Waals surface area contributed by atoms with E-state index in [1.165, 1.54) is 0 Å². The molecule has 0 aromatic carbocycles. The van der Waals surface area contributed by atoms with Gasteiger partial charge in [0.25, 0.3) is 5.56 Å². The first kappa shape index (κ1) is 15.3. The molecule has 0 amide bonds. The molecule has 0 aliphatic heterocycles. The van der Waals surface area contributed by atoms with Crippen LogP contribution in [0.2, 0.25) is 0 Å².